The number of rotatable bonds is 8. The summed E-state index contributed by atoms with van der Waals surface area (Å²) >= 11 is 0. The van der Waals surface area contributed by atoms with Gasteiger partial charge in [-0.2, -0.15) is 0 Å². The molecule has 2 aliphatic rings. The molecule has 4 heteroatoms. The summed E-state index contributed by atoms with van der Waals surface area (Å²) in [6.45, 7) is 32.7. The Morgan fingerprint density at radius 1 is 0.312 bits per heavy atom. The lowest BCUT2D eigenvalue weighted by molar-refractivity contribution is 0.582. The zero-order valence-electron chi connectivity index (χ0n) is 48.0. The summed E-state index contributed by atoms with van der Waals surface area (Å²) in [5.74, 6) is 0. The maximum absolute atomic E-state index is 2.65. The topological polar surface area (TPSA) is 9.72 Å². The van der Waals surface area contributed by atoms with Crippen molar-refractivity contribution in [1.29, 1.82) is 0 Å². The zero-order valence-corrected chi connectivity index (χ0v) is 48.0. The predicted octanol–water partition coefficient (Wildman–Crippen LogP) is 18.4. The molecule has 0 spiro atoms. The van der Waals surface area contributed by atoms with Crippen LogP contribution in [0.4, 0.5) is 51.2 Å². The summed E-state index contributed by atoms with van der Waals surface area (Å²) in [5, 5.41) is 0. The fraction of sp³-hybridized carbons (Fsp3) is 0.260. The molecule has 386 valence electrons. The van der Waals surface area contributed by atoms with Gasteiger partial charge in [0.25, 0.3) is 6.71 Å². The number of hydrogen-bond donors (Lipinski definition) is 0. The first kappa shape index (κ1) is 51.5. The van der Waals surface area contributed by atoms with Crippen molar-refractivity contribution in [1.82, 2.24) is 0 Å². The molecule has 0 amide bonds. The zero-order chi connectivity index (χ0) is 54.4. The van der Waals surface area contributed by atoms with Crippen molar-refractivity contribution in [2.24, 2.45) is 0 Å². The van der Waals surface area contributed by atoms with Crippen molar-refractivity contribution in [2.45, 2.75) is 124 Å². The second kappa shape index (κ2) is 18.9. The van der Waals surface area contributed by atoms with Gasteiger partial charge in [-0.05, 0) is 144 Å². The van der Waals surface area contributed by atoms with Gasteiger partial charge in [-0.1, -0.05) is 236 Å². The predicted molar refractivity (Wildman–Crippen MR) is 334 cm³/mol. The molecule has 9 aromatic rings. The minimum absolute atomic E-state index is 0.0000808. The SMILES string of the molecule is CC(C)(C)c1ccc(N2c3ccc(C(C)(C)C)cc3B3c4cc(C(C)(C)C)ccc4N(c4cc(C(C)(C)c5cccc(C(C)(C)C)c5)ccc4-c4ccccc4)c4cc(N(c5ccccc5)c5ccccc5)cc2c43)cc1. The third kappa shape index (κ3) is 9.38. The molecular formula is C73H76BN3. The Bertz CT molecular complexity index is 3600. The van der Waals surface area contributed by atoms with Crippen LogP contribution in [0, 0.1) is 0 Å². The minimum atomic E-state index is -0.334. The van der Waals surface area contributed by atoms with Gasteiger partial charge in [0, 0.05) is 50.8 Å². The lowest BCUT2D eigenvalue weighted by atomic mass is 9.33. The quantitative estimate of drug-likeness (QED) is 0.140. The highest BCUT2D eigenvalue weighted by Crippen LogP contribution is 2.51. The largest absolute Gasteiger partial charge is 0.311 e. The van der Waals surface area contributed by atoms with Gasteiger partial charge in [0.2, 0.25) is 0 Å². The first-order chi connectivity index (χ1) is 36.5. The molecule has 9 aromatic carbocycles. The molecule has 11 rings (SSSR count). The van der Waals surface area contributed by atoms with E-state index in [1.54, 1.807) is 0 Å². The monoisotopic (exact) mass is 1010 g/mol. The first-order valence-corrected chi connectivity index (χ1v) is 27.9. The van der Waals surface area contributed by atoms with E-state index in [1.165, 1.54) is 83.6 Å². The third-order valence-corrected chi connectivity index (χ3v) is 16.6. The van der Waals surface area contributed by atoms with E-state index in [0.717, 1.165) is 28.4 Å². The van der Waals surface area contributed by atoms with Crippen LogP contribution in [0.2, 0.25) is 0 Å². The second-order valence-corrected chi connectivity index (χ2v) is 26.4. The van der Waals surface area contributed by atoms with Crippen LogP contribution in [-0.2, 0) is 27.1 Å². The van der Waals surface area contributed by atoms with Gasteiger partial charge in [0.1, 0.15) is 0 Å². The van der Waals surface area contributed by atoms with Crippen molar-refractivity contribution >= 4 is 74.3 Å². The average molecular weight is 1010 g/mol. The molecule has 2 aliphatic heterocycles. The summed E-state index contributed by atoms with van der Waals surface area (Å²) in [5.41, 5.74) is 24.0. The van der Waals surface area contributed by atoms with Crippen LogP contribution in [0.3, 0.4) is 0 Å². The summed E-state index contributed by atoms with van der Waals surface area (Å²) in [7, 11) is 0. The summed E-state index contributed by atoms with van der Waals surface area (Å²) in [6, 6.07) is 78.6. The Balaban J connectivity index is 1.30. The summed E-state index contributed by atoms with van der Waals surface area (Å²) in [6.07, 6.45) is 0. The van der Waals surface area contributed by atoms with Crippen LogP contribution in [0.25, 0.3) is 11.1 Å². The molecule has 0 atom stereocenters. The van der Waals surface area contributed by atoms with Gasteiger partial charge >= 0.3 is 0 Å². The van der Waals surface area contributed by atoms with E-state index in [0.29, 0.717) is 0 Å². The number of anilines is 9. The highest BCUT2D eigenvalue weighted by molar-refractivity contribution is 7.00. The van der Waals surface area contributed by atoms with Gasteiger partial charge < -0.3 is 14.7 Å². The number of para-hydroxylation sites is 2. The molecule has 0 bridgehead atoms. The molecular weight excluding hydrogens is 930 g/mol. The van der Waals surface area contributed by atoms with E-state index in [1.807, 2.05) is 0 Å². The van der Waals surface area contributed by atoms with E-state index in [2.05, 4.69) is 318 Å². The van der Waals surface area contributed by atoms with Crippen LogP contribution in [0.5, 0.6) is 0 Å². The fourth-order valence-electron chi connectivity index (χ4n) is 11.8. The Morgan fingerprint density at radius 3 is 1.26 bits per heavy atom. The lowest BCUT2D eigenvalue weighted by Gasteiger charge is -2.46. The maximum Gasteiger partial charge on any atom is 0.252 e. The molecule has 0 saturated heterocycles. The van der Waals surface area contributed by atoms with Crippen molar-refractivity contribution in [2.75, 3.05) is 14.7 Å². The molecule has 0 N–H and O–H groups in total. The number of nitrogens with zero attached hydrogens (tertiary/aromatic N) is 3. The van der Waals surface area contributed by atoms with Crippen molar-refractivity contribution < 1.29 is 0 Å². The van der Waals surface area contributed by atoms with Crippen LogP contribution < -0.4 is 31.1 Å². The highest BCUT2D eigenvalue weighted by Gasteiger charge is 2.45. The average Bonchev–Trinajstić information content (AvgIpc) is 3.40. The molecule has 0 saturated carbocycles. The Labute approximate surface area is 461 Å². The van der Waals surface area contributed by atoms with Gasteiger partial charge in [-0.3, -0.25) is 0 Å². The third-order valence-electron chi connectivity index (χ3n) is 16.6. The Hall–Kier alpha value is -7.56. The number of benzene rings is 9. The maximum atomic E-state index is 2.65. The summed E-state index contributed by atoms with van der Waals surface area (Å²) < 4.78 is 0. The Morgan fingerprint density at radius 2 is 0.740 bits per heavy atom. The van der Waals surface area contributed by atoms with Crippen LogP contribution >= 0.6 is 0 Å². The Kier molecular flexibility index (Phi) is 12.6. The van der Waals surface area contributed by atoms with E-state index in [-0.39, 0.29) is 33.8 Å². The van der Waals surface area contributed by atoms with Crippen molar-refractivity contribution in [3.05, 3.63) is 240 Å². The molecule has 0 aliphatic carbocycles. The normalized spacial score (nSPS) is 13.5. The van der Waals surface area contributed by atoms with Crippen LogP contribution in [0.15, 0.2) is 206 Å². The molecule has 0 fully saturated rings. The number of fused-ring (bicyclic) bond motifs is 4. The van der Waals surface area contributed by atoms with Gasteiger partial charge in [0.05, 0.1) is 11.4 Å². The van der Waals surface area contributed by atoms with Gasteiger partial charge in [0.15, 0.2) is 0 Å². The highest BCUT2D eigenvalue weighted by atomic mass is 15.2. The summed E-state index contributed by atoms with van der Waals surface area (Å²) in [4.78, 5) is 7.68. The molecule has 0 unspecified atom stereocenters. The molecule has 3 nitrogen and oxygen atoms in total. The molecule has 0 radical (unpaired) electrons. The van der Waals surface area contributed by atoms with Crippen LogP contribution in [-0.4, -0.2) is 6.71 Å². The van der Waals surface area contributed by atoms with Crippen molar-refractivity contribution in [3.63, 3.8) is 0 Å². The second-order valence-electron chi connectivity index (χ2n) is 26.4. The molecule has 0 aromatic heterocycles. The van der Waals surface area contributed by atoms with E-state index in [9.17, 15) is 0 Å². The molecule has 77 heavy (non-hydrogen) atoms. The lowest BCUT2D eigenvalue weighted by Crippen LogP contribution is -2.61. The van der Waals surface area contributed by atoms with E-state index in [4.69, 9.17) is 0 Å². The van der Waals surface area contributed by atoms with Gasteiger partial charge in [-0.15, -0.1) is 0 Å². The first-order valence-electron chi connectivity index (χ1n) is 27.9. The van der Waals surface area contributed by atoms with Crippen molar-refractivity contribution in [3.8, 4) is 11.1 Å². The standard InChI is InChI=1S/C73H76BN3/c1-69(2,3)50-33-38-58(39-34-50)76-63-41-36-52(71(7,8)9)44-61(63)74-62-45-53(72(10,11)12)37-42-64(62)77(67-48-59(47-66(76)68(67)74)75(56-29-20-16-21-30-56)57-31-22-17-23-32-57)65-46-55(35-40-60(65)49-25-18-15-19-26-49)73(13,14)54-28-24-27-51(43-54)70(4,5)6/h15-48H,1-14H3. The van der Waals surface area contributed by atoms with Gasteiger partial charge in [-0.25, -0.2) is 0 Å². The van der Waals surface area contributed by atoms with E-state index >= 15 is 0 Å². The molecule has 2 heterocycles. The van der Waals surface area contributed by atoms with E-state index < -0.39 is 0 Å². The number of hydrogen-bond acceptors (Lipinski definition) is 3. The smallest absolute Gasteiger partial charge is 0.252 e. The minimum Gasteiger partial charge on any atom is -0.311 e. The van der Waals surface area contributed by atoms with Crippen LogP contribution in [0.1, 0.15) is 130 Å². The fourth-order valence-corrected chi connectivity index (χ4v) is 11.8.